The summed E-state index contributed by atoms with van der Waals surface area (Å²) in [6.07, 6.45) is 0.959. The van der Waals surface area contributed by atoms with Gasteiger partial charge in [0, 0.05) is 11.6 Å². The zero-order chi connectivity index (χ0) is 11.4. The number of ether oxygens (including phenoxy) is 1. The van der Waals surface area contributed by atoms with Crippen molar-refractivity contribution in [2.75, 3.05) is 7.11 Å². The molecule has 1 aromatic carbocycles. The van der Waals surface area contributed by atoms with Crippen LogP contribution in [0.15, 0.2) is 18.2 Å². The molecular weight excluding hydrogens is 229 g/mol. The summed E-state index contributed by atoms with van der Waals surface area (Å²) in [5.74, 6) is 0.222. The van der Waals surface area contributed by atoms with Gasteiger partial charge in [-0.2, -0.15) is 0 Å². The second kappa shape index (κ2) is 6.71. The molecule has 0 bridgehead atoms. The van der Waals surface area contributed by atoms with Crippen LogP contribution < -0.4 is 10.5 Å². The summed E-state index contributed by atoms with van der Waals surface area (Å²) in [6, 6.07) is 4.68. The van der Waals surface area contributed by atoms with Crippen LogP contribution in [0.4, 0.5) is 4.39 Å². The predicted molar refractivity (Wildman–Crippen MR) is 66.6 cm³/mol. The maximum atomic E-state index is 13.4. The van der Waals surface area contributed by atoms with Crippen molar-refractivity contribution in [3.05, 3.63) is 29.6 Å². The van der Waals surface area contributed by atoms with Gasteiger partial charge in [-0.1, -0.05) is 32.4 Å². The van der Waals surface area contributed by atoms with Crippen molar-refractivity contribution in [1.82, 2.24) is 0 Å². The van der Waals surface area contributed by atoms with Gasteiger partial charge in [0.05, 0.1) is 7.11 Å². The van der Waals surface area contributed by atoms with Crippen molar-refractivity contribution in [3.63, 3.8) is 0 Å². The molecule has 0 heterocycles. The van der Waals surface area contributed by atoms with E-state index in [-0.39, 0.29) is 30.0 Å². The van der Waals surface area contributed by atoms with Gasteiger partial charge in [0.15, 0.2) is 11.6 Å². The second-order valence-corrected chi connectivity index (χ2v) is 3.77. The zero-order valence-corrected chi connectivity index (χ0v) is 10.7. The van der Waals surface area contributed by atoms with E-state index >= 15 is 0 Å². The average molecular weight is 248 g/mol. The maximum absolute atomic E-state index is 13.4. The Hall–Kier alpha value is -0.800. The molecule has 4 heteroatoms. The number of benzene rings is 1. The van der Waals surface area contributed by atoms with Crippen molar-refractivity contribution in [3.8, 4) is 5.75 Å². The molecule has 1 unspecified atom stereocenters. The Morgan fingerprint density at radius 3 is 2.56 bits per heavy atom. The van der Waals surface area contributed by atoms with Crippen LogP contribution in [0, 0.1) is 11.7 Å². The first kappa shape index (κ1) is 15.2. The molecule has 0 aliphatic carbocycles. The van der Waals surface area contributed by atoms with E-state index in [1.165, 1.54) is 13.2 Å². The van der Waals surface area contributed by atoms with E-state index in [0.29, 0.717) is 5.92 Å². The molecule has 2 atom stereocenters. The molecule has 92 valence electrons. The number of nitrogens with two attached hydrogens (primary N) is 1. The number of halogens is 2. The number of methoxy groups -OCH3 is 1. The molecule has 0 aromatic heterocycles. The molecule has 1 aromatic rings. The summed E-state index contributed by atoms with van der Waals surface area (Å²) in [4.78, 5) is 0. The Bertz CT molecular complexity index is 333. The van der Waals surface area contributed by atoms with E-state index in [2.05, 4.69) is 13.8 Å². The van der Waals surface area contributed by atoms with Crippen molar-refractivity contribution in [2.45, 2.75) is 26.3 Å². The monoisotopic (exact) mass is 247 g/mol. The Balaban J connectivity index is 0.00000225. The lowest BCUT2D eigenvalue weighted by Gasteiger charge is -2.21. The summed E-state index contributed by atoms with van der Waals surface area (Å²) < 4.78 is 18.4. The molecule has 2 N–H and O–H groups in total. The molecule has 0 aliphatic rings. The van der Waals surface area contributed by atoms with Gasteiger partial charge in [0.25, 0.3) is 0 Å². The Morgan fingerprint density at radius 2 is 2.06 bits per heavy atom. The minimum Gasteiger partial charge on any atom is -0.493 e. The molecule has 0 radical (unpaired) electrons. The van der Waals surface area contributed by atoms with Gasteiger partial charge in [-0.3, -0.25) is 0 Å². The molecule has 16 heavy (non-hydrogen) atoms. The highest BCUT2D eigenvalue weighted by Gasteiger charge is 2.19. The smallest absolute Gasteiger partial charge is 0.165 e. The molecule has 0 fully saturated rings. The number of hydrogen-bond acceptors (Lipinski definition) is 2. The Kier molecular flexibility index (Phi) is 6.38. The first-order valence-electron chi connectivity index (χ1n) is 5.19. The fourth-order valence-corrected chi connectivity index (χ4v) is 1.56. The normalized spacial score (nSPS) is 13.8. The molecule has 1 rings (SSSR count). The standard InChI is InChI=1S/C12H18FNO.ClH/c1-4-8(2)11(14)9-6-5-7-10(13)12(9)15-3;/h5-8,11H,4,14H2,1-3H3;1H/t8?,11-;/m1./s1. The highest BCUT2D eigenvalue weighted by atomic mass is 35.5. The topological polar surface area (TPSA) is 35.2 Å². The third kappa shape index (κ3) is 3.09. The lowest BCUT2D eigenvalue weighted by atomic mass is 9.92. The lowest BCUT2D eigenvalue weighted by Crippen LogP contribution is -2.19. The predicted octanol–water partition coefficient (Wildman–Crippen LogP) is 3.30. The van der Waals surface area contributed by atoms with Gasteiger partial charge >= 0.3 is 0 Å². The summed E-state index contributed by atoms with van der Waals surface area (Å²) in [5, 5.41) is 0. The zero-order valence-electron chi connectivity index (χ0n) is 9.87. The Labute approximate surface area is 102 Å². The van der Waals surface area contributed by atoms with E-state index in [9.17, 15) is 4.39 Å². The van der Waals surface area contributed by atoms with Crippen molar-refractivity contribution in [2.24, 2.45) is 11.7 Å². The summed E-state index contributed by atoms with van der Waals surface area (Å²) in [7, 11) is 1.46. The van der Waals surface area contributed by atoms with Crippen LogP contribution in [0.3, 0.4) is 0 Å². The van der Waals surface area contributed by atoms with E-state index < -0.39 is 0 Å². The summed E-state index contributed by atoms with van der Waals surface area (Å²) >= 11 is 0. The molecular formula is C12H19ClFNO. The van der Waals surface area contributed by atoms with Gasteiger partial charge in [0.1, 0.15) is 0 Å². The molecule has 2 nitrogen and oxygen atoms in total. The van der Waals surface area contributed by atoms with Crippen LogP contribution in [0.2, 0.25) is 0 Å². The van der Waals surface area contributed by atoms with Crippen LogP contribution in [-0.4, -0.2) is 7.11 Å². The Morgan fingerprint density at radius 1 is 1.44 bits per heavy atom. The first-order chi connectivity index (χ1) is 7.11. The van der Waals surface area contributed by atoms with Crippen molar-refractivity contribution < 1.29 is 9.13 Å². The molecule has 0 aliphatic heterocycles. The number of para-hydroxylation sites is 1. The maximum Gasteiger partial charge on any atom is 0.165 e. The van der Waals surface area contributed by atoms with E-state index in [4.69, 9.17) is 10.5 Å². The fraction of sp³-hybridized carbons (Fsp3) is 0.500. The van der Waals surface area contributed by atoms with Gasteiger partial charge in [-0.15, -0.1) is 12.4 Å². The van der Waals surface area contributed by atoms with Gasteiger partial charge < -0.3 is 10.5 Å². The molecule has 0 spiro atoms. The number of rotatable bonds is 4. The van der Waals surface area contributed by atoms with Gasteiger partial charge in [-0.05, 0) is 12.0 Å². The molecule has 0 saturated carbocycles. The van der Waals surface area contributed by atoms with Crippen LogP contribution in [0.1, 0.15) is 31.9 Å². The average Bonchev–Trinajstić information content (AvgIpc) is 2.26. The van der Waals surface area contributed by atoms with Crippen LogP contribution >= 0.6 is 12.4 Å². The van der Waals surface area contributed by atoms with E-state index in [1.54, 1.807) is 6.07 Å². The first-order valence-corrected chi connectivity index (χ1v) is 5.19. The van der Waals surface area contributed by atoms with Crippen LogP contribution in [-0.2, 0) is 0 Å². The van der Waals surface area contributed by atoms with E-state index in [0.717, 1.165) is 12.0 Å². The fourth-order valence-electron chi connectivity index (χ4n) is 1.56. The minimum absolute atomic E-state index is 0. The van der Waals surface area contributed by atoms with E-state index in [1.807, 2.05) is 6.07 Å². The lowest BCUT2D eigenvalue weighted by molar-refractivity contribution is 0.365. The second-order valence-electron chi connectivity index (χ2n) is 3.77. The summed E-state index contributed by atoms with van der Waals surface area (Å²) in [6.45, 7) is 4.12. The largest absolute Gasteiger partial charge is 0.493 e. The van der Waals surface area contributed by atoms with Crippen LogP contribution in [0.5, 0.6) is 5.75 Å². The molecule has 0 amide bonds. The summed E-state index contributed by atoms with van der Waals surface area (Å²) in [5.41, 5.74) is 6.79. The van der Waals surface area contributed by atoms with Gasteiger partial charge in [-0.25, -0.2) is 4.39 Å². The highest BCUT2D eigenvalue weighted by Crippen LogP contribution is 2.31. The quantitative estimate of drug-likeness (QED) is 0.886. The SMILES string of the molecule is CCC(C)[C@@H](N)c1cccc(F)c1OC.Cl. The van der Waals surface area contributed by atoms with Gasteiger partial charge in [0.2, 0.25) is 0 Å². The number of hydrogen-bond donors (Lipinski definition) is 1. The van der Waals surface area contributed by atoms with Crippen molar-refractivity contribution in [1.29, 1.82) is 0 Å². The van der Waals surface area contributed by atoms with Crippen molar-refractivity contribution >= 4 is 12.4 Å². The van der Waals surface area contributed by atoms with Crippen LogP contribution in [0.25, 0.3) is 0 Å². The third-order valence-electron chi connectivity index (χ3n) is 2.82. The minimum atomic E-state index is -0.353. The molecule has 0 saturated heterocycles. The third-order valence-corrected chi connectivity index (χ3v) is 2.82. The highest BCUT2D eigenvalue weighted by molar-refractivity contribution is 5.85.